The first-order valence-electron chi connectivity index (χ1n) is 9.94. The minimum absolute atomic E-state index is 0.0255. The van der Waals surface area contributed by atoms with Crippen molar-refractivity contribution >= 4 is 5.97 Å². The Morgan fingerprint density at radius 3 is 1.77 bits per heavy atom. The molecule has 22 heavy (non-hydrogen) atoms. The smallest absolute Gasteiger partial charge is 0.306 e. The van der Waals surface area contributed by atoms with Crippen molar-refractivity contribution in [1.82, 2.24) is 0 Å². The molecule has 0 amide bonds. The van der Waals surface area contributed by atoms with E-state index in [9.17, 15) is 4.79 Å². The standard InChI is InChI=1S/C20H40O2/c1-4-7-9-10-11-12-13-14-15-18-20(21)22-19(16-6-3)17-8-5-2/h19H,4-18H2,1-3H3. The molecule has 0 heterocycles. The molecule has 0 spiro atoms. The van der Waals surface area contributed by atoms with Crippen molar-refractivity contribution in [1.29, 1.82) is 0 Å². The largest absolute Gasteiger partial charge is 0.462 e. The van der Waals surface area contributed by atoms with Crippen molar-refractivity contribution in [2.45, 2.75) is 123 Å². The average molecular weight is 313 g/mol. The van der Waals surface area contributed by atoms with E-state index in [1.54, 1.807) is 0 Å². The van der Waals surface area contributed by atoms with E-state index in [0.717, 1.165) is 32.1 Å². The fraction of sp³-hybridized carbons (Fsp3) is 0.950. The van der Waals surface area contributed by atoms with E-state index in [-0.39, 0.29) is 12.1 Å². The van der Waals surface area contributed by atoms with Crippen LogP contribution in [0.4, 0.5) is 0 Å². The Labute approximate surface area is 139 Å². The summed E-state index contributed by atoms with van der Waals surface area (Å²) in [6, 6.07) is 0. The highest BCUT2D eigenvalue weighted by Crippen LogP contribution is 2.14. The lowest BCUT2D eigenvalue weighted by atomic mass is 10.1. The Balaban J connectivity index is 3.50. The summed E-state index contributed by atoms with van der Waals surface area (Å²) in [4.78, 5) is 11.9. The summed E-state index contributed by atoms with van der Waals surface area (Å²) in [5.41, 5.74) is 0. The summed E-state index contributed by atoms with van der Waals surface area (Å²) in [6.45, 7) is 6.60. The van der Waals surface area contributed by atoms with Crippen molar-refractivity contribution in [2.24, 2.45) is 0 Å². The van der Waals surface area contributed by atoms with E-state index < -0.39 is 0 Å². The monoisotopic (exact) mass is 312 g/mol. The minimum Gasteiger partial charge on any atom is -0.462 e. The van der Waals surface area contributed by atoms with Crippen molar-refractivity contribution in [3.63, 3.8) is 0 Å². The highest BCUT2D eigenvalue weighted by atomic mass is 16.5. The van der Waals surface area contributed by atoms with Crippen molar-refractivity contribution in [3.8, 4) is 0 Å². The zero-order chi connectivity index (χ0) is 16.5. The maximum atomic E-state index is 11.9. The van der Waals surface area contributed by atoms with Gasteiger partial charge in [-0.15, -0.1) is 0 Å². The predicted molar refractivity (Wildman–Crippen MR) is 96.2 cm³/mol. The van der Waals surface area contributed by atoms with Gasteiger partial charge in [0, 0.05) is 6.42 Å². The van der Waals surface area contributed by atoms with E-state index in [1.165, 1.54) is 57.8 Å². The SMILES string of the molecule is CCCCCCCCCCCC(=O)OC(CCC)CCCC. The maximum absolute atomic E-state index is 11.9. The predicted octanol–water partition coefficient (Wildman–Crippen LogP) is 6.81. The minimum atomic E-state index is 0.0255. The van der Waals surface area contributed by atoms with Gasteiger partial charge in [0.25, 0.3) is 0 Å². The summed E-state index contributed by atoms with van der Waals surface area (Å²) in [5, 5.41) is 0. The van der Waals surface area contributed by atoms with Crippen LogP contribution in [-0.2, 0) is 9.53 Å². The third kappa shape index (κ3) is 14.4. The molecule has 2 nitrogen and oxygen atoms in total. The van der Waals surface area contributed by atoms with Crippen LogP contribution < -0.4 is 0 Å². The average Bonchev–Trinajstić information content (AvgIpc) is 2.51. The molecule has 1 unspecified atom stereocenters. The van der Waals surface area contributed by atoms with E-state index in [4.69, 9.17) is 4.74 Å². The molecule has 0 aromatic rings. The van der Waals surface area contributed by atoms with Gasteiger partial charge in [-0.2, -0.15) is 0 Å². The second kappa shape index (κ2) is 16.8. The van der Waals surface area contributed by atoms with Gasteiger partial charge >= 0.3 is 5.97 Å². The maximum Gasteiger partial charge on any atom is 0.306 e. The molecule has 0 aliphatic carbocycles. The van der Waals surface area contributed by atoms with Crippen molar-refractivity contribution in [2.75, 3.05) is 0 Å². The molecule has 0 N–H and O–H groups in total. The van der Waals surface area contributed by atoms with Gasteiger partial charge in [-0.25, -0.2) is 0 Å². The fourth-order valence-corrected chi connectivity index (χ4v) is 2.84. The topological polar surface area (TPSA) is 26.3 Å². The molecule has 0 aliphatic heterocycles. The Hall–Kier alpha value is -0.530. The molecule has 0 aromatic carbocycles. The van der Waals surface area contributed by atoms with Crippen LogP contribution in [-0.4, -0.2) is 12.1 Å². The molecule has 0 fully saturated rings. The zero-order valence-corrected chi connectivity index (χ0v) is 15.5. The number of carbonyl (C=O) groups is 1. The first-order valence-corrected chi connectivity index (χ1v) is 9.94. The Morgan fingerprint density at radius 1 is 0.682 bits per heavy atom. The summed E-state index contributed by atoms with van der Waals surface area (Å²) in [7, 11) is 0. The van der Waals surface area contributed by atoms with Gasteiger partial charge in [-0.05, 0) is 19.3 Å². The van der Waals surface area contributed by atoms with Gasteiger partial charge in [0.15, 0.2) is 0 Å². The lowest BCUT2D eigenvalue weighted by Crippen LogP contribution is -2.18. The number of esters is 1. The number of hydrogen-bond donors (Lipinski definition) is 0. The molecule has 0 bridgehead atoms. The van der Waals surface area contributed by atoms with Gasteiger partial charge in [0.1, 0.15) is 6.10 Å². The zero-order valence-electron chi connectivity index (χ0n) is 15.5. The number of rotatable bonds is 16. The first kappa shape index (κ1) is 21.5. The van der Waals surface area contributed by atoms with Crippen LogP contribution in [0.1, 0.15) is 117 Å². The molecule has 0 saturated heterocycles. The third-order valence-electron chi connectivity index (χ3n) is 4.27. The van der Waals surface area contributed by atoms with Gasteiger partial charge in [-0.3, -0.25) is 4.79 Å². The molecule has 0 saturated carbocycles. The lowest BCUT2D eigenvalue weighted by molar-refractivity contribution is -0.150. The lowest BCUT2D eigenvalue weighted by Gasteiger charge is -2.17. The van der Waals surface area contributed by atoms with Gasteiger partial charge < -0.3 is 4.74 Å². The van der Waals surface area contributed by atoms with Crippen LogP contribution in [0, 0.1) is 0 Å². The molecular weight excluding hydrogens is 272 g/mol. The van der Waals surface area contributed by atoms with Crippen LogP contribution in [0.25, 0.3) is 0 Å². The Morgan fingerprint density at radius 2 is 1.23 bits per heavy atom. The van der Waals surface area contributed by atoms with E-state index >= 15 is 0 Å². The highest BCUT2D eigenvalue weighted by Gasteiger charge is 2.12. The molecule has 0 aromatic heterocycles. The summed E-state index contributed by atoms with van der Waals surface area (Å²) in [5.74, 6) is 0.0255. The Kier molecular flexibility index (Phi) is 16.4. The molecule has 132 valence electrons. The number of hydrogen-bond acceptors (Lipinski definition) is 2. The number of ether oxygens (including phenoxy) is 1. The highest BCUT2D eigenvalue weighted by molar-refractivity contribution is 5.69. The van der Waals surface area contributed by atoms with Gasteiger partial charge in [-0.1, -0.05) is 91.4 Å². The first-order chi connectivity index (χ1) is 10.7. The molecular formula is C20H40O2. The Bertz CT molecular complexity index is 238. The normalized spacial score (nSPS) is 12.3. The quantitative estimate of drug-likeness (QED) is 0.231. The van der Waals surface area contributed by atoms with Crippen LogP contribution in [0.5, 0.6) is 0 Å². The third-order valence-corrected chi connectivity index (χ3v) is 4.27. The summed E-state index contributed by atoms with van der Waals surface area (Å²) in [6.07, 6.45) is 17.9. The van der Waals surface area contributed by atoms with Crippen molar-refractivity contribution < 1.29 is 9.53 Å². The molecule has 0 radical (unpaired) electrons. The number of carbonyl (C=O) groups excluding carboxylic acids is 1. The van der Waals surface area contributed by atoms with Gasteiger partial charge in [0.05, 0.1) is 0 Å². The van der Waals surface area contributed by atoms with Gasteiger partial charge in [0.2, 0.25) is 0 Å². The molecule has 0 rings (SSSR count). The van der Waals surface area contributed by atoms with Crippen LogP contribution >= 0.6 is 0 Å². The summed E-state index contributed by atoms with van der Waals surface area (Å²) < 4.78 is 5.63. The van der Waals surface area contributed by atoms with Crippen LogP contribution in [0.15, 0.2) is 0 Å². The number of unbranched alkanes of at least 4 members (excludes halogenated alkanes) is 9. The fourth-order valence-electron chi connectivity index (χ4n) is 2.84. The van der Waals surface area contributed by atoms with E-state index in [0.29, 0.717) is 6.42 Å². The summed E-state index contributed by atoms with van der Waals surface area (Å²) >= 11 is 0. The second-order valence-electron chi connectivity index (χ2n) is 6.62. The second-order valence-corrected chi connectivity index (χ2v) is 6.62. The molecule has 1 atom stereocenters. The molecule has 0 aliphatic rings. The van der Waals surface area contributed by atoms with E-state index in [1.807, 2.05) is 0 Å². The van der Waals surface area contributed by atoms with Crippen LogP contribution in [0.3, 0.4) is 0 Å². The molecule has 2 heteroatoms. The van der Waals surface area contributed by atoms with Crippen molar-refractivity contribution in [3.05, 3.63) is 0 Å². The van der Waals surface area contributed by atoms with E-state index in [2.05, 4.69) is 20.8 Å². The van der Waals surface area contributed by atoms with Crippen LogP contribution in [0.2, 0.25) is 0 Å².